The predicted molar refractivity (Wildman–Crippen MR) is 119 cm³/mol. The second-order valence-corrected chi connectivity index (χ2v) is 8.95. The molecule has 0 aromatic carbocycles. The SMILES string of the molecule is CCc1c(C)cc(CN2C(=O)N(c3cnn(Cc4c(C)noc4C)c3)C(=O)C2(C)C)n1C. The Labute approximate surface area is 187 Å². The molecule has 1 aliphatic rings. The average molecular weight is 439 g/mol. The van der Waals surface area contributed by atoms with Crippen LogP contribution in [0.4, 0.5) is 10.5 Å². The number of hydrogen-bond donors (Lipinski definition) is 0. The van der Waals surface area contributed by atoms with Gasteiger partial charge in [0, 0.05) is 30.2 Å². The standard InChI is InChI=1S/C23H30N6O3/c1-8-20-14(2)9-17(26(20)7)12-28-22(31)29(21(30)23(28,5)6)18-10-24-27(11-18)13-19-15(3)25-32-16(19)4/h9-11H,8,12-13H2,1-7H3. The van der Waals surface area contributed by atoms with Gasteiger partial charge in [0.15, 0.2) is 0 Å². The third kappa shape index (κ3) is 3.32. The molecule has 0 atom stereocenters. The van der Waals surface area contributed by atoms with Crippen molar-refractivity contribution in [3.63, 3.8) is 0 Å². The fraction of sp³-hybridized carbons (Fsp3) is 0.478. The average Bonchev–Trinajstić information content (AvgIpc) is 3.43. The molecule has 0 bridgehead atoms. The van der Waals surface area contributed by atoms with Crippen LogP contribution in [-0.4, -0.2) is 41.9 Å². The van der Waals surface area contributed by atoms with Crippen LogP contribution in [0.3, 0.4) is 0 Å². The zero-order valence-electron chi connectivity index (χ0n) is 19.8. The van der Waals surface area contributed by atoms with E-state index in [-0.39, 0.29) is 11.9 Å². The van der Waals surface area contributed by atoms with Crippen LogP contribution in [0.2, 0.25) is 0 Å². The first kappa shape index (κ1) is 21.9. The van der Waals surface area contributed by atoms with E-state index < -0.39 is 5.54 Å². The van der Waals surface area contributed by atoms with E-state index in [9.17, 15) is 9.59 Å². The molecule has 1 fully saturated rings. The number of aromatic nitrogens is 4. The highest BCUT2D eigenvalue weighted by molar-refractivity contribution is 6.22. The Hall–Kier alpha value is -3.36. The molecule has 9 heteroatoms. The van der Waals surface area contributed by atoms with Gasteiger partial charge < -0.3 is 14.0 Å². The first-order valence-corrected chi connectivity index (χ1v) is 10.8. The number of carbonyl (C=O) groups is 2. The van der Waals surface area contributed by atoms with Gasteiger partial charge in [-0.15, -0.1) is 0 Å². The number of nitrogens with zero attached hydrogens (tertiary/aromatic N) is 6. The summed E-state index contributed by atoms with van der Waals surface area (Å²) in [6.45, 7) is 12.3. The smallest absolute Gasteiger partial charge is 0.332 e. The first-order valence-electron chi connectivity index (χ1n) is 10.8. The summed E-state index contributed by atoms with van der Waals surface area (Å²) in [5, 5.41) is 8.33. The number of imide groups is 1. The largest absolute Gasteiger partial charge is 0.361 e. The topological polar surface area (TPSA) is 89.4 Å². The minimum absolute atomic E-state index is 0.263. The third-order valence-corrected chi connectivity index (χ3v) is 6.53. The molecule has 0 saturated carbocycles. The normalized spacial score (nSPS) is 16.0. The fourth-order valence-electron chi connectivity index (χ4n) is 4.47. The molecule has 0 aliphatic carbocycles. The summed E-state index contributed by atoms with van der Waals surface area (Å²) in [6, 6.07) is 1.76. The number of hydrogen-bond acceptors (Lipinski definition) is 5. The van der Waals surface area contributed by atoms with Crippen molar-refractivity contribution in [2.75, 3.05) is 4.90 Å². The van der Waals surface area contributed by atoms with Crippen molar-refractivity contribution in [2.24, 2.45) is 7.05 Å². The zero-order valence-corrected chi connectivity index (χ0v) is 19.8. The number of urea groups is 1. The van der Waals surface area contributed by atoms with Gasteiger partial charge in [0.05, 0.1) is 30.7 Å². The van der Waals surface area contributed by atoms with Crippen LogP contribution < -0.4 is 4.90 Å². The maximum Gasteiger partial charge on any atom is 0.332 e. The summed E-state index contributed by atoms with van der Waals surface area (Å²) < 4.78 is 9.02. The van der Waals surface area contributed by atoms with Gasteiger partial charge in [0.1, 0.15) is 11.3 Å². The molecule has 3 aromatic rings. The maximum absolute atomic E-state index is 13.4. The summed E-state index contributed by atoms with van der Waals surface area (Å²) in [5.74, 6) is 0.463. The van der Waals surface area contributed by atoms with E-state index in [1.54, 1.807) is 35.8 Å². The second kappa shape index (κ2) is 7.65. The molecular weight excluding hydrogens is 408 g/mol. The molecule has 3 aromatic heterocycles. The lowest BCUT2D eigenvalue weighted by Crippen LogP contribution is -2.44. The van der Waals surface area contributed by atoms with Crippen molar-refractivity contribution in [3.8, 4) is 0 Å². The number of rotatable bonds is 6. The van der Waals surface area contributed by atoms with Gasteiger partial charge >= 0.3 is 6.03 Å². The minimum Gasteiger partial charge on any atom is -0.361 e. The number of amides is 3. The van der Waals surface area contributed by atoms with Gasteiger partial charge in [-0.25, -0.2) is 9.69 Å². The molecule has 0 radical (unpaired) electrons. The van der Waals surface area contributed by atoms with E-state index >= 15 is 0 Å². The molecule has 4 rings (SSSR count). The number of aryl methyl sites for hydroxylation is 3. The van der Waals surface area contributed by atoms with Crippen LogP contribution in [0.25, 0.3) is 0 Å². The van der Waals surface area contributed by atoms with Crippen molar-refractivity contribution in [3.05, 3.63) is 52.4 Å². The Balaban J connectivity index is 1.61. The zero-order chi connectivity index (χ0) is 23.4. The molecule has 32 heavy (non-hydrogen) atoms. The summed E-state index contributed by atoms with van der Waals surface area (Å²) in [6.07, 6.45) is 4.17. The van der Waals surface area contributed by atoms with Gasteiger partial charge in [-0.05, 0) is 52.7 Å². The van der Waals surface area contributed by atoms with E-state index in [4.69, 9.17) is 4.52 Å². The van der Waals surface area contributed by atoms with Crippen molar-refractivity contribution >= 4 is 17.6 Å². The molecule has 1 aliphatic heterocycles. The van der Waals surface area contributed by atoms with E-state index in [0.29, 0.717) is 18.8 Å². The van der Waals surface area contributed by atoms with E-state index in [1.165, 1.54) is 16.2 Å². The molecule has 170 valence electrons. The Morgan fingerprint density at radius 2 is 1.84 bits per heavy atom. The molecule has 0 unspecified atom stereocenters. The fourth-order valence-corrected chi connectivity index (χ4v) is 4.47. The lowest BCUT2D eigenvalue weighted by molar-refractivity contribution is -0.123. The van der Waals surface area contributed by atoms with Crippen molar-refractivity contribution in [1.29, 1.82) is 0 Å². The molecule has 1 saturated heterocycles. The maximum atomic E-state index is 13.4. The highest BCUT2D eigenvalue weighted by Crippen LogP contribution is 2.33. The van der Waals surface area contributed by atoms with Crippen LogP contribution in [0, 0.1) is 20.8 Å². The minimum atomic E-state index is -0.967. The van der Waals surface area contributed by atoms with Crippen molar-refractivity contribution in [2.45, 2.75) is 66.6 Å². The lowest BCUT2D eigenvalue weighted by atomic mass is 10.0. The molecule has 0 spiro atoms. The summed E-state index contributed by atoms with van der Waals surface area (Å²) >= 11 is 0. The molecule has 4 heterocycles. The molecule has 0 N–H and O–H groups in total. The molecule has 9 nitrogen and oxygen atoms in total. The van der Waals surface area contributed by atoms with Gasteiger partial charge in [-0.1, -0.05) is 12.1 Å². The third-order valence-electron chi connectivity index (χ3n) is 6.53. The molecular formula is C23H30N6O3. The van der Waals surface area contributed by atoms with Crippen LogP contribution in [0.5, 0.6) is 0 Å². The number of carbonyl (C=O) groups excluding carboxylic acids is 2. The van der Waals surface area contributed by atoms with Crippen LogP contribution in [0.15, 0.2) is 23.0 Å². The highest BCUT2D eigenvalue weighted by atomic mass is 16.5. The van der Waals surface area contributed by atoms with Crippen LogP contribution in [-0.2, 0) is 31.4 Å². The monoisotopic (exact) mass is 438 g/mol. The van der Waals surface area contributed by atoms with Gasteiger partial charge in [0.25, 0.3) is 5.91 Å². The molecule has 3 amide bonds. The van der Waals surface area contributed by atoms with Crippen LogP contribution in [0.1, 0.15) is 54.7 Å². The Morgan fingerprint density at radius 3 is 2.44 bits per heavy atom. The second-order valence-electron chi connectivity index (χ2n) is 8.95. The van der Waals surface area contributed by atoms with E-state index in [0.717, 1.165) is 29.1 Å². The first-order chi connectivity index (χ1) is 15.1. The summed E-state index contributed by atoms with van der Waals surface area (Å²) in [7, 11) is 2.01. The van der Waals surface area contributed by atoms with E-state index in [2.05, 4.69) is 34.7 Å². The Morgan fingerprint density at radius 1 is 1.12 bits per heavy atom. The van der Waals surface area contributed by atoms with Crippen LogP contribution >= 0.6 is 0 Å². The number of anilines is 1. The quantitative estimate of drug-likeness (QED) is 0.550. The van der Waals surface area contributed by atoms with E-state index in [1.807, 2.05) is 20.9 Å². The summed E-state index contributed by atoms with van der Waals surface area (Å²) in [4.78, 5) is 29.5. The Kier molecular flexibility index (Phi) is 5.22. The van der Waals surface area contributed by atoms with Crippen molar-refractivity contribution < 1.29 is 14.1 Å². The lowest BCUT2D eigenvalue weighted by Gasteiger charge is -2.28. The van der Waals surface area contributed by atoms with Gasteiger partial charge in [-0.2, -0.15) is 5.10 Å². The summed E-state index contributed by atoms with van der Waals surface area (Å²) in [5.41, 5.74) is 4.65. The predicted octanol–water partition coefficient (Wildman–Crippen LogP) is 3.49. The van der Waals surface area contributed by atoms with Gasteiger partial charge in [-0.3, -0.25) is 9.48 Å². The van der Waals surface area contributed by atoms with Gasteiger partial charge in [0.2, 0.25) is 0 Å². The van der Waals surface area contributed by atoms with Crippen molar-refractivity contribution in [1.82, 2.24) is 24.4 Å². The Bertz CT molecular complexity index is 1180. The highest BCUT2D eigenvalue weighted by Gasteiger charge is 2.52.